The summed E-state index contributed by atoms with van der Waals surface area (Å²) in [6, 6.07) is 6.34. The van der Waals surface area contributed by atoms with Gasteiger partial charge in [0.25, 0.3) is 0 Å². The van der Waals surface area contributed by atoms with Crippen molar-refractivity contribution in [3.63, 3.8) is 0 Å². The summed E-state index contributed by atoms with van der Waals surface area (Å²) >= 11 is 0. The van der Waals surface area contributed by atoms with Crippen molar-refractivity contribution in [1.29, 1.82) is 5.26 Å². The Morgan fingerprint density at radius 3 is 2.68 bits per heavy atom. The molecule has 0 aliphatic heterocycles. The SMILES string of the molecule is CN=C(NCCCC(C)C)NCc1cc(C#N)ccc1F.I. The number of guanidine groups is 1. The van der Waals surface area contributed by atoms with Crippen LogP contribution in [0, 0.1) is 23.1 Å². The van der Waals surface area contributed by atoms with Crippen molar-refractivity contribution in [3.05, 3.63) is 35.1 Å². The highest BCUT2D eigenvalue weighted by Crippen LogP contribution is 2.09. The summed E-state index contributed by atoms with van der Waals surface area (Å²) < 4.78 is 13.6. The van der Waals surface area contributed by atoms with Gasteiger partial charge in [0.15, 0.2) is 5.96 Å². The van der Waals surface area contributed by atoms with Crippen LogP contribution in [0.2, 0.25) is 0 Å². The highest BCUT2D eigenvalue weighted by atomic mass is 127. The Kier molecular flexibility index (Phi) is 10.5. The molecule has 0 heterocycles. The van der Waals surface area contributed by atoms with Gasteiger partial charge in [-0.25, -0.2) is 4.39 Å². The van der Waals surface area contributed by atoms with E-state index in [-0.39, 0.29) is 29.8 Å². The van der Waals surface area contributed by atoms with E-state index in [0.717, 1.165) is 19.4 Å². The van der Waals surface area contributed by atoms with E-state index in [2.05, 4.69) is 29.5 Å². The van der Waals surface area contributed by atoms with E-state index in [1.54, 1.807) is 13.1 Å². The quantitative estimate of drug-likeness (QED) is 0.322. The molecule has 1 aromatic carbocycles. The second-order valence-corrected chi connectivity index (χ2v) is 5.31. The lowest BCUT2D eigenvalue weighted by Crippen LogP contribution is -2.37. The molecule has 0 aliphatic carbocycles. The van der Waals surface area contributed by atoms with Crippen LogP contribution in [0.3, 0.4) is 0 Å². The van der Waals surface area contributed by atoms with Gasteiger partial charge >= 0.3 is 0 Å². The third kappa shape index (κ3) is 7.59. The Hall–Kier alpha value is -1.36. The minimum Gasteiger partial charge on any atom is -0.356 e. The molecule has 4 nitrogen and oxygen atoms in total. The van der Waals surface area contributed by atoms with E-state index in [1.807, 2.05) is 6.07 Å². The topological polar surface area (TPSA) is 60.2 Å². The molecule has 1 rings (SSSR count). The van der Waals surface area contributed by atoms with Crippen LogP contribution in [-0.4, -0.2) is 19.6 Å². The van der Waals surface area contributed by atoms with Crippen LogP contribution in [0.25, 0.3) is 0 Å². The normalized spacial score (nSPS) is 10.8. The number of aliphatic imine (C=N–C) groups is 1. The summed E-state index contributed by atoms with van der Waals surface area (Å²) in [5.74, 6) is 1.00. The standard InChI is InChI=1S/C16H23FN4.HI/c1-12(2)5-4-8-20-16(19-3)21-11-14-9-13(10-18)6-7-15(14)17;/h6-7,9,12H,4-5,8,11H2,1-3H3,(H2,19,20,21);1H. The summed E-state index contributed by atoms with van der Waals surface area (Å²) in [7, 11) is 1.68. The van der Waals surface area contributed by atoms with Crippen LogP contribution < -0.4 is 10.6 Å². The van der Waals surface area contributed by atoms with Gasteiger partial charge in [-0.2, -0.15) is 5.26 Å². The first-order chi connectivity index (χ1) is 10.1. The molecular formula is C16H24FIN4. The molecule has 0 saturated heterocycles. The maximum absolute atomic E-state index is 13.6. The molecule has 6 heteroatoms. The van der Waals surface area contributed by atoms with Gasteiger partial charge in [0, 0.05) is 25.7 Å². The monoisotopic (exact) mass is 418 g/mol. The Morgan fingerprint density at radius 2 is 2.09 bits per heavy atom. The summed E-state index contributed by atoms with van der Waals surface area (Å²) in [4.78, 5) is 4.10. The number of nitriles is 1. The van der Waals surface area contributed by atoms with Crippen molar-refractivity contribution in [1.82, 2.24) is 10.6 Å². The van der Waals surface area contributed by atoms with Crippen molar-refractivity contribution in [2.75, 3.05) is 13.6 Å². The van der Waals surface area contributed by atoms with E-state index in [1.165, 1.54) is 12.1 Å². The molecule has 0 saturated carbocycles. The van der Waals surface area contributed by atoms with Crippen molar-refractivity contribution >= 4 is 29.9 Å². The van der Waals surface area contributed by atoms with E-state index >= 15 is 0 Å². The number of halogens is 2. The van der Waals surface area contributed by atoms with E-state index in [9.17, 15) is 4.39 Å². The molecule has 0 aliphatic rings. The van der Waals surface area contributed by atoms with Crippen molar-refractivity contribution < 1.29 is 4.39 Å². The summed E-state index contributed by atoms with van der Waals surface area (Å²) in [6.45, 7) is 5.51. The van der Waals surface area contributed by atoms with Gasteiger partial charge in [-0.1, -0.05) is 13.8 Å². The number of nitrogens with one attached hydrogen (secondary N) is 2. The summed E-state index contributed by atoms with van der Waals surface area (Å²) in [5.41, 5.74) is 0.910. The van der Waals surface area contributed by atoms with Gasteiger partial charge in [-0.15, -0.1) is 24.0 Å². The van der Waals surface area contributed by atoms with Gasteiger partial charge in [0.1, 0.15) is 5.82 Å². The Morgan fingerprint density at radius 1 is 1.36 bits per heavy atom. The molecule has 0 bridgehead atoms. The smallest absolute Gasteiger partial charge is 0.191 e. The molecule has 0 spiro atoms. The summed E-state index contributed by atoms with van der Waals surface area (Å²) in [5, 5.41) is 15.1. The lowest BCUT2D eigenvalue weighted by atomic mass is 10.1. The average molecular weight is 418 g/mol. The largest absolute Gasteiger partial charge is 0.356 e. The van der Waals surface area contributed by atoms with Crippen LogP contribution in [0.4, 0.5) is 4.39 Å². The van der Waals surface area contributed by atoms with Crippen molar-refractivity contribution in [2.45, 2.75) is 33.2 Å². The number of hydrogen-bond donors (Lipinski definition) is 2. The third-order valence-electron chi connectivity index (χ3n) is 3.10. The van der Waals surface area contributed by atoms with Crippen LogP contribution in [0.15, 0.2) is 23.2 Å². The molecule has 0 radical (unpaired) electrons. The lowest BCUT2D eigenvalue weighted by molar-refractivity contribution is 0.549. The zero-order chi connectivity index (χ0) is 15.7. The fourth-order valence-corrected chi connectivity index (χ4v) is 1.90. The lowest BCUT2D eigenvalue weighted by Gasteiger charge is -2.13. The second-order valence-electron chi connectivity index (χ2n) is 5.31. The van der Waals surface area contributed by atoms with Gasteiger partial charge in [-0.05, 0) is 37.0 Å². The van der Waals surface area contributed by atoms with Gasteiger partial charge in [0.2, 0.25) is 0 Å². The highest BCUT2D eigenvalue weighted by Gasteiger charge is 2.05. The fraction of sp³-hybridized carbons (Fsp3) is 0.500. The molecule has 1 aromatic rings. The van der Waals surface area contributed by atoms with Gasteiger partial charge < -0.3 is 10.6 Å². The van der Waals surface area contributed by atoms with Crippen molar-refractivity contribution in [3.8, 4) is 6.07 Å². The molecule has 2 N–H and O–H groups in total. The molecule has 0 fully saturated rings. The molecule has 0 unspecified atom stereocenters. The molecule has 22 heavy (non-hydrogen) atoms. The number of rotatable bonds is 6. The first-order valence-electron chi connectivity index (χ1n) is 7.20. The summed E-state index contributed by atoms with van der Waals surface area (Å²) in [6.07, 6.45) is 2.22. The second kappa shape index (κ2) is 11.2. The third-order valence-corrected chi connectivity index (χ3v) is 3.10. The maximum Gasteiger partial charge on any atom is 0.191 e. The number of benzene rings is 1. The van der Waals surface area contributed by atoms with Crippen molar-refractivity contribution in [2.24, 2.45) is 10.9 Å². The first-order valence-corrected chi connectivity index (χ1v) is 7.20. The van der Waals surface area contributed by atoms with Crippen LogP contribution in [0.5, 0.6) is 0 Å². The molecule has 0 aromatic heterocycles. The van der Waals surface area contributed by atoms with Crippen LogP contribution in [-0.2, 0) is 6.54 Å². The van der Waals surface area contributed by atoms with Crippen LogP contribution in [0.1, 0.15) is 37.8 Å². The van der Waals surface area contributed by atoms with E-state index in [0.29, 0.717) is 29.5 Å². The number of nitrogens with zero attached hydrogens (tertiary/aromatic N) is 2. The highest BCUT2D eigenvalue weighted by molar-refractivity contribution is 14.0. The molecule has 0 atom stereocenters. The fourth-order valence-electron chi connectivity index (χ4n) is 1.90. The Labute approximate surface area is 149 Å². The average Bonchev–Trinajstić information content (AvgIpc) is 2.47. The minimum atomic E-state index is -0.322. The molecular weight excluding hydrogens is 394 g/mol. The molecule has 0 amide bonds. The van der Waals surface area contributed by atoms with E-state index in [4.69, 9.17) is 5.26 Å². The van der Waals surface area contributed by atoms with Gasteiger partial charge in [0.05, 0.1) is 11.6 Å². The van der Waals surface area contributed by atoms with Gasteiger partial charge in [-0.3, -0.25) is 4.99 Å². The predicted molar refractivity (Wildman–Crippen MR) is 98.8 cm³/mol. The minimum absolute atomic E-state index is 0. The molecule has 122 valence electrons. The number of hydrogen-bond acceptors (Lipinski definition) is 2. The zero-order valence-corrected chi connectivity index (χ0v) is 15.6. The Balaban J connectivity index is 0.00000441. The van der Waals surface area contributed by atoms with Crippen LogP contribution >= 0.6 is 24.0 Å². The first kappa shape index (κ1) is 20.6. The maximum atomic E-state index is 13.6. The zero-order valence-electron chi connectivity index (χ0n) is 13.3. The predicted octanol–water partition coefficient (Wildman–Crippen LogP) is 3.42. The van der Waals surface area contributed by atoms with E-state index < -0.39 is 0 Å². The Bertz CT molecular complexity index is 523.